The Hall–Kier alpha value is -2.70. The lowest BCUT2D eigenvalue weighted by molar-refractivity contribution is -0.274. The molecule has 7 heteroatoms. The van der Waals surface area contributed by atoms with E-state index in [1.165, 1.54) is 23.4 Å². The van der Waals surface area contributed by atoms with Gasteiger partial charge in [0, 0.05) is 30.9 Å². The van der Waals surface area contributed by atoms with E-state index in [1.807, 2.05) is 12.1 Å². The third-order valence-corrected chi connectivity index (χ3v) is 4.22. The van der Waals surface area contributed by atoms with Gasteiger partial charge in [-0.2, -0.15) is 0 Å². The van der Waals surface area contributed by atoms with Crippen LogP contribution in [0.4, 0.5) is 18.9 Å². The van der Waals surface area contributed by atoms with Crippen molar-refractivity contribution in [2.24, 2.45) is 0 Å². The van der Waals surface area contributed by atoms with Crippen molar-refractivity contribution in [3.8, 4) is 5.75 Å². The summed E-state index contributed by atoms with van der Waals surface area (Å²) in [6, 6.07) is 13.1. The number of carbonyl (C=O) groups excluding carboxylic acids is 1. The van der Waals surface area contributed by atoms with Gasteiger partial charge in [-0.1, -0.05) is 18.2 Å². The molecule has 2 aromatic carbocycles. The lowest BCUT2D eigenvalue weighted by Crippen LogP contribution is -2.37. The second-order valence-corrected chi connectivity index (χ2v) is 6.05. The number of hydrogen-bond acceptors (Lipinski definition) is 3. The number of benzene rings is 2. The van der Waals surface area contributed by atoms with Crippen LogP contribution >= 0.6 is 0 Å². The maximum absolute atomic E-state index is 12.1. The Kier molecular flexibility index (Phi) is 5.35. The molecule has 1 heterocycles. The van der Waals surface area contributed by atoms with Crippen LogP contribution in [0, 0.1) is 0 Å². The van der Waals surface area contributed by atoms with Crippen molar-refractivity contribution in [1.82, 2.24) is 5.32 Å². The molecule has 0 radical (unpaired) electrons. The minimum absolute atomic E-state index is 0.290. The second kappa shape index (κ2) is 7.68. The highest BCUT2D eigenvalue weighted by molar-refractivity contribution is 5.94. The minimum atomic E-state index is -4.74. The standard InChI is InChI=1S/C19H19F3N2O2/c20-19(21,22)26-16-9-7-15(8-10-16)18(25)23-11-13-24-12-3-5-14-4-1-2-6-17(14)24/h1-2,4,6-10H,3,5,11-13H2,(H,23,25). The monoisotopic (exact) mass is 364 g/mol. The number of halogens is 3. The molecule has 0 unspecified atom stereocenters. The SMILES string of the molecule is O=C(NCCN1CCCc2ccccc21)c1ccc(OC(F)(F)F)cc1. The topological polar surface area (TPSA) is 41.6 Å². The van der Waals surface area contributed by atoms with E-state index in [-0.39, 0.29) is 11.7 Å². The average molecular weight is 364 g/mol. The normalized spacial score (nSPS) is 13.9. The molecule has 0 spiro atoms. The first-order chi connectivity index (χ1) is 12.4. The maximum atomic E-state index is 12.1. The fourth-order valence-corrected chi connectivity index (χ4v) is 3.06. The van der Waals surface area contributed by atoms with E-state index in [1.54, 1.807) is 0 Å². The van der Waals surface area contributed by atoms with Gasteiger partial charge in [0.2, 0.25) is 0 Å². The zero-order valence-electron chi connectivity index (χ0n) is 14.1. The summed E-state index contributed by atoms with van der Waals surface area (Å²) in [6.07, 6.45) is -2.61. The fraction of sp³-hybridized carbons (Fsp3) is 0.316. The molecular formula is C19H19F3N2O2. The number of nitrogens with one attached hydrogen (secondary N) is 1. The number of rotatable bonds is 5. The van der Waals surface area contributed by atoms with E-state index in [2.05, 4.69) is 27.1 Å². The van der Waals surface area contributed by atoms with Crippen molar-refractivity contribution in [1.29, 1.82) is 0 Å². The largest absolute Gasteiger partial charge is 0.573 e. The molecular weight excluding hydrogens is 345 g/mol. The summed E-state index contributed by atoms with van der Waals surface area (Å²) < 4.78 is 40.2. The number of ether oxygens (including phenoxy) is 1. The van der Waals surface area contributed by atoms with Crippen LogP contribution in [0.25, 0.3) is 0 Å². The Morgan fingerprint density at radius 3 is 2.58 bits per heavy atom. The Bertz CT molecular complexity index is 760. The van der Waals surface area contributed by atoms with Gasteiger partial charge in [0.15, 0.2) is 0 Å². The lowest BCUT2D eigenvalue weighted by atomic mass is 10.0. The van der Waals surface area contributed by atoms with E-state index in [9.17, 15) is 18.0 Å². The van der Waals surface area contributed by atoms with E-state index in [4.69, 9.17) is 0 Å². The highest BCUT2D eigenvalue weighted by Gasteiger charge is 2.31. The summed E-state index contributed by atoms with van der Waals surface area (Å²) in [6.45, 7) is 2.07. The average Bonchev–Trinajstić information content (AvgIpc) is 2.61. The summed E-state index contributed by atoms with van der Waals surface area (Å²) in [5.74, 6) is -0.673. The first-order valence-corrected chi connectivity index (χ1v) is 8.39. The summed E-state index contributed by atoms with van der Waals surface area (Å²) >= 11 is 0. The van der Waals surface area contributed by atoms with Gasteiger partial charge >= 0.3 is 6.36 Å². The predicted molar refractivity (Wildman–Crippen MR) is 92.4 cm³/mol. The molecule has 1 amide bonds. The minimum Gasteiger partial charge on any atom is -0.406 e. The van der Waals surface area contributed by atoms with Crippen LogP contribution < -0.4 is 15.0 Å². The number of nitrogens with zero attached hydrogens (tertiary/aromatic N) is 1. The van der Waals surface area contributed by atoms with Gasteiger partial charge in [0.05, 0.1) is 0 Å². The summed E-state index contributed by atoms with van der Waals surface area (Å²) in [5.41, 5.74) is 2.80. The first-order valence-electron chi connectivity index (χ1n) is 8.39. The number of anilines is 1. The molecule has 26 heavy (non-hydrogen) atoms. The van der Waals surface area contributed by atoms with E-state index in [0.717, 1.165) is 31.5 Å². The van der Waals surface area contributed by atoms with Crippen LogP contribution in [0.2, 0.25) is 0 Å². The van der Waals surface area contributed by atoms with Gasteiger partial charge in [0.25, 0.3) is 5.91 Å². The number of fused-ring (bicyclic) bond motifs is 1. The zero-order chi connectivity index (χ0) is 18.6. The van der Waals surface area contributed by atoms with Gasteiger partial charge < -0.3 is 15.0 Å². The van der Waals surface area contributed by atoms with Crippen LogP contribution in [0.15, 0.2) is 48.5 Å². The zero-order valence-corrected chi connectivity index (χ0v) is 14.1. The molecule has 0 aromatic heterocycles. The molecule has 1 N–H and O–H groups in total. The highest BCUT2D eigenvalue weighted by Crippen LogP contribution is 2.26. The van der Waals surface area contributed by atoms with Gasteiger partial charge in [-0.3, -0.25) is 4.79 Å². The molecule has 138 valence electrons. The lowest BCUT2D eigenvalue weighted by Gasteiger charge is -2.31. The predicted octanol–water partition coefficient (Wildman–Crippen LogP) is 3.77. The third kappa shape index (κ3) is 4.68. The van der Waals surface area contributed by atoms with E-state index < -0.39 is 6.36 Å². The van der Waals surface area contributed by atoms with Gasteiger partial charge in [-0.25, -0.2) is 0 Å². The first kappa shape index (κ1) is 18.1. The van der Waals surface area contributed by atoms with Crippen molar-refractivity contribution in [3.05, 3.63) is 59.7 Å². The Labute approximate surface area is 149 Å². The number of alkyl halides is 3. The number of para-hydroxylation sites is 1. The van der Waals surface area contributed by atoms with Crippen molar-refractivity contribution >= 4 is 11.6 Å². The highest BCUT2D eigenvalue weighted by atomic mass is 19.4. The number of carbonyl (C=O) groups is 1. The summed E-state index contributed by atoms with van der Waals surface area (Å²) in [7, 11) is 0. The molecule has 3 rings (SSSR count). The van der Waals surface area contributed by atoms with Crippen molar-refractivity contribution in [2.75, 3.05) is 24.5 Å². The van der Waals surface area contributed by atoms with Crippen LogP contribution in [-0.4, -0.2) is 31.9 Å². The van der Waals surface area contributed by atoms with Gasteiger partial charge in [-0.05, 0) is 48.7 Å². The molecule has 0 bridgehead atoms. The van der Waals surface area contributed by atoms with Gasteiger partial charge in [-0.15, -0.1) is 13.2 Å². The molecule has 0 aliphatic carbocycles. The van der Waals surface area contributed by atoms with Gasteiger partial charge in [0.1, 0.15) is 5.75 Å². The molecule has 1 aliphatic heterocycles. The molecule has 0 fully saturated rings. The molecule has 0 saturated carbocycles. The number of aryl methyl sites for hydroxylation is 1. The summed E-state index contributed by atoms with van der Waals surface area (Å²) in [5, 5.41) is 2.80. The van der Waals surface area contributed by atoms with Crippen LogP contribution in [0.5, 0.6) is 5.75 Å². The Morgan fingerprint density at radius 2 is 1.85 bits per heavy atom. The quantitative estimate of drug-likeness (QED) is 0.878. The van der Waals surface area contributed by atoms with Crippen LogP contribution in [0.3, 0.4) is 0 Å². The molecule has 1 aliphatic rings. The third-order valence-electron chi connectivity index (χ3n) is 4.22. The van der Waals surface area contributed by atoms with Crippen molar-refractivity contribution in [3.63, 3.8) is 0 Å². The summed E-state index contributed by atoms with van der Waals surface area (Å²) in [4.78, 5) is 14.4. The van der Waals surface area contributed by atoms with Crippen LogP contribution in [-0.2, 0) is 6.42 Å². The van der Waals surface area contributed by atoms with Crippen molar-refractivity contribution in [2.45, 2.75) is 19.2 Å². The molecule has 0 atom stereocenters. The molecule has 0 saturated heterocycles. The molecule has 2 aromatic rings. The Balaban J connectivity index is 1.52. The smallest absolute Gasteiger partial charge is 0.406 e. The van der Waals surface area contributed by atoms with E-state index in [0.29, 0.717) is 18.7 Å². The van der Waals surface area contributed by atoms with E-state index >= 15 is 0 Å². The van der Waals surface area contributed by atoms with Crippen LogP contribution in [0.1, 0.15) is 22.3 Å². The fourth-order valence-electron chi connectivity index (χ4n) is 3.06. The molecule has 4 nitrogen and oxygen atoms in total. The Morgan fingerprint density at radius 1 is 1.12 bits per heavy atom. The maximum Gasteiger partial charge on any atom is 0.573 e. The number of hydrogen-bond donors (Lipinski definition) is 1. The second-order valence-electron chi connectivity index (χ2n) is 6.05. The van der Waals surface area contributed by atoms with Crippen molar-refractivity contribution < 1.29 is 22.7 Å². The number of amides is 1.